The van der Waals surface area contributed by atoms with Crippen LogP contribution < -0.4 is 0 Å². The average Bonchev–Trinajstić information content (AvgIpc) is 1.60. The minimum absolute atomic E-state index is 0.00174. The molecule has 0 radical (unpaired) electrons. The fourth-order valence-electron chi connectivity index (χ4n) is 1.31. The monoisotopic (exact) mass is 162 g/mol. The van der Waals surface area contributed by atoms with Gasteiger partial charge in [0.05, 0.1) is 0 Å². The molecule has 0 fully saturated rings. The highest BCUT2D eigenvalue weighted by Crippen LogP contribution is 2.34. The second-order valence-corrected chi connectivity index (χ2v) is 5.88. The summed E-state index contributed by atoms with van der Waals surface area (Å²) in [6, 6.07) is 0. The van der Waals surface area contributed by atoms with Crippen LogP contribution in [-0.2, 0) is 0 Å². The predicted molar refractivity (Wildman–Crippen MR) is 48.4 cm³/mol. The molecule has 2 heteroatoms. The summed E-state index contributed by atoms with van der Waals surface area (Å²) < 4.78 is 8.87. The third-order valence-corrected chi connectivity index (χ3v) is 1.84. The fourth-order valence-corrected chi connectivity index (χ4v) is 1.81. The van der Waals surface area contributed by atoms with E-state index in [0.29, 0.717) is 5.41 Å². The summed E-state index contributed by atoms with van der Waals surface area (Å²) in [7, 11) is 0. The zero-order valence-corrected chi connectivity index (χ0v) is 8.38. The third-order valence-electron chi connectivity index (χ3n) is 1.20. The topological polar surface area (TPSA) is 20.2 Å². The highest BCUT2D eigenvalue weighted by molar-refractivity contribution is 7.95. The van der Waals surface area contributed by atoms with Gasteiger partial charge in [-0.3, -0.25) is 0 Å². The van der Waals surface area contributed by atoms with Crippen LogP contribution >= 0.6 is 12.0 Å². The Kier molecular flexibility index (Phi) is 3.24. The first-order chi connectivity index (χ1) is 4.27. The summed E-state index contributed by atoms with van der Waals surface area (Å²) in [6.45, 7) is 10.7. The van der Waals surface area contributed by atoms with Crippen molar-refractivity contribution < 1.29 is 4.55 Å². The highest BCUT2D eigenvalue weighted by atomic mass is 32.2. The van der Waals surface area contributed by atoms with Gasteiger partial charge in [-0.15, -0.1) is 0 Å². The highest BCUT2D eigenvalue weighted by Gasteiger charge is 2.25. The standard InChI is InChI=1S/C8H18OS/c1-7(2,3)6-8(4,5)10-9/h9H,6H2,1-5H3. The van der Waals surface area contributed by atoms with E-state index in [1.165, 1.54) is 0 Å². The molecule has 0 rings (SSSR count). The minimum atomic E-state index is -0.00174. The second kappa shape index (κ2) is 3.14. The van der Waals surface area contributed by atoms with Gasteiger partial charge < -0.3 is 4.55 Å². The van der Waals surface area contributed by atoms with Crippen LogP contribution in [0.5, 0.6) is 0 Å². The average molecular weight is 162 g/mol. The van der Waals surface area contributed by atoms with E-state index < -0.39 is 0 Å². The molecule has 0 aliphatic heterocycles. The molecule has 0 aromatic heterocycles. The van der Waals surface area contributed by atoms with E-state index >= 15 is 0 Å². The van der Waals surface area contributed by atoms with E-state index in [4.69, 9.17) is 4.55 Å². The summed E-state index contributed by atoms with van der Waals surface area (Å²) in [4.78, 5) is 0. The quantitative estimate of drug-likeness (QED) is 0.628. The Balaban J connectivity index is 3.89. The van der Waals surface area contributed by atoms with E-state index in [0.717, 1.165) is 18.5 Å². The van der Waals surface area contributed by atoms with Crippen molar-refractivity contribution >= 4 is 12.0 Å². The molecule has 0 aliphatic carbocycles. The van der Waals surface area contributed by atoms with Crippen LogP contribution in [0.25, 0.3) is 0 Å². The number of hydrogen-bond acceptors (Lipinski definition) is 2. The van der Waals surface area contributed by atoms with Gasteiger partial charge in [-0.05, 0) is 37.7 Å². The number of hydrogen-bond donors (Lipinski definition) is 1. The van der Waals surface area contributed by atoms with Crippen LogP contribution in [0, 0.1) is 5.41 Å². The lowest BCUT2D eigenvalue weighted by Crippen LogP contribution is -2.22. The molecular weight excluding hydrogens is 144 g/mol. The van der Waals surface area contributed by atoms with Crippen LogP contribution in [0.3, 0.4) is 0 Å². The fraction of sp³-hybridized carbons (Fsp3) is 1.00. The van der Waals surface area contributed by atoms with E-state index in [1.54, 1.807) is 0 Å². The summed E-state index contributed by atoms with van der Waals surface area (Å²) in [5.41, 5.74) is 0.305. The normalized spacial score (nSPS) is 13.8. The molecule has 0 aromatic carbocycles. The lowest BCUT2D eigenvalue weighted by Gasteiger charge is -2.29. The Morgan fingerprint density at radius 3 is 1.60 bits per heavy atom. The van der Waals surface area contributed by atoms with E-state index in [9.17, 15) is 0 Å². The van der Waals surface area contributed by atoms with Gasteiger partial charge in [-0.2, -0.15) is 0 Å². The zero-order chi connectivity index (χ0) is 8.41. The van der Waals surface area contributed by atoms with Crippen molar-refractivity contribution in [2.75, 3.05) is 0 Å². The van der Waals surface area contributed by atoms with Gasteiger partial charge in [0.25, 0.3) is 0 Å². The van der Waals surface area contributed by atoms with E-state index in [1.807, 2.05) is 0 Å². The summed E-state index contributed by atoms with van der Waals surface area (Å²) >= 11 is 0.954. The SMILES string of the molecule is CC(C)(C)CC(C)(C)SO. The first-order valence-corrected chi connectivity index (χ1v) is 4.37. The molecule has 0 aliphatic rings. The maximum Gasteiger partial charge on any atom is 0.0369 e. The van der Waals surface area contributed by atoms with Crippen LogP contribution in [-0.4, -0.2) is 9.30 Å². The van der Waals surface area contributed by atoms with E-state index in [2.05, 4.69) is 34.6 Å². The van der Waals surface area contributed by atoms with Gasteiger partial charge >= 0.3 is 0 Å². The predicted octanol–water partition coefficient (Wildman–Crippen LogP) is 3.41. The first kappa shape index (κ1) is 10.3. The molecule has 0 bridgehead atoms. The summed E-state index contributed by atoms with van der Waals surface area (Å²) in [6.07, 6.45) is 1.03. The Bertz CT molecular complexity index is 102. The minimum Gasteiger partial charge on any atom is -0.330 e. The molecule has 1 nitrogen and oxygen atoms in total. The van der Waals surface area contributed by atoms with Crippen molar-refractivity contribution in [1.82, 2.24) is 0 Å². The van der Waals surface area contributed by atoms with Gasteiger partial charge in [0.15, 0.2) is 0 Å². The van der Waals surface area contributed by atoms with Crippen LogP contribution in [0.1, 0.15) is 41.0 Å². The Morgan fingerprint density at radius 1 is 1.10 bits per heavy atom. The molecule has 0 spiro atoms. The molecule has 0 aromatic rings. The first-order valence-electron chi connectivity index (χ1n) is 3.59. The Labute approximate surface area is 68.4 Å². The lowest BCUT2D eigenvalue weighted by atomic mass is 9.86. The molecule has 0 unspecified atom stereocenters. The van der Waals surface area contributed by atoms with Crippen molar-refractivity contribution in [3.8, 4) is 0 Å². The van der Waals surface area contributed by atoms with Gasteiger partial charge in [0.2, 0.25) is 0 Å². The molecule has 10 heavy (non-hydrogen) atoms. The zero-order valence-electron chi connectivity index (χ0n) is 7.56. The molecule has 0 amide bonds. The molecule has 0 saturated heterocycles. The van der Waals surface area contributed by atoms with E-state index in [-0.39, 0.29) is 4.75 Å². The number of rotatable bonds is 2. The largest absolute Gasteiger partial charge is 0.330 e. The maximum atomic E-state index is 8.87. The van der Waals surface area contributed by atoms with Gasteiger partial charge in [0, 0.05) is 4.75 Å². The van der Waals surface area contributed by atoms with Gasteiger partial charge in [-0.25, -0.2) is 0 Å². The Hall–Kier alpha value is 0.310. The molecule has 0 heterocycles. The molecule has 62 valence electrons. The van der Waals surface area contributed by atoms with Crippen LogP contribution in [0.4, 0.5) is 0 Å². The van der Waals surface area contributed by atoms with Gasteiger partial charge in [-0.1, -0.05) is 20.8 Å². The van der Waals surface area contributed by atoms with Crippen molar-refractivity contribution in [2.45, 2.75) is 45.8 Å². The second-order valence-electron chi connectivity index (χ2n) is 4.59. The van der Waals surface area contributed by atoms with Crippen molar-refractivity contribution in [2.24, 2.45) is 5.41 Å². The molecule has 1 N–H and O–H groups in total. The Morgan fingerprint density at radius 2 is 1.50 bits per heavy atom. The molecular formula is C8H18OS. The van der Waals surface area contributed by atoms with Crippen molar-refractivity contribution in [3.63, 3.8) is 0 Å². The summed E-state index contributed by atoms with van der Waals surface area (Å²) in [5.74, 6) is 0. The molecule has 0 atom stereocenters. The van der Waals surface area contributed by atoms with Crippen LogP contribution in [0.15, 0.2) is 0 Å². The van der Waals surface area contributed by atoms with Crippen molar-refractivity contribution in [1.29, 1.82) is 0 Å². The maximum absolute atomic E-state index is 8.87. The summed E-state index contributed by atoms with van der Waals surface area (Å²) in [5, 5.41) is 0. The molecule has 0 saturated carbocycles. The smallest absolute Gasteiger partial charge is 0.0369 e. The van der Waals surface area contributed by atoms with Crippen molar-refractivity contribution in [3.05, 3.63) is 0 Å². The lowest BCUT2D eigenvalue weighted by molar-refractivity contribution is 0.334. The van der Waals surface area contributed by atoms with Gasteiger partial charge in [0.1, 0.15) is 0 Å². The third kappa shape index (κ3) is 5.12. The van der Waals surface area contributed by atoms with Crippen LogP contribution in [0.2, 0.25) is 0 Å².